The molecule has 0 saturated heterocycles. The van der Waals surface area contributed by atoms with Gasteiger partial charge in [0.2, 0.25) is 0 Å². The van der Waals surface area contributed by atoms with Gasteiger partial charge < -0.3 is 53.2 Å². The van der Waals surface area contributed by atoms with Gasteiger partial charge in [0, 0.05) is 10.0 Å². The summed E-state index contributed by atoms with van der Waals surface area (Å²) in [5.74, 6) is 0. The van der Waals surface area contributed by atoms with Gasteiger partial charge in [-0.15, -0.1) is 0 Å². The van der Waals surface area contributed by atoms with Crippen molar-refractivity contribution in [1.82, 2.24) is 0 Å². The molecule has 34 heavy (non-hydrogen) atoms. The Morgan fingerprint density at radius 3 is 0.853 bits per heavy atom. The van der Waals surface area contributed by atoms with Crippen molar-refractivity contribution in [3.63, 3.8) is 0 Å². The predicted octanol–water partition coefficient (Wildman–Crippen LogP) is 0.0785. The first kappa shape index (κ1) is 34.5. The highest BCUT2D eigenvalue weighted by Crippen LogP contribution is 1.85. The zero-order chi connectivity index (χ0) is 25.4. The summed E-state index contributed by atoms with van der Waals surface area (Å²) in [6.45, 7) is 7.79. The van der Waals surface area contributed by atoms with Gasteiger partial charge in [-0.2, -0.15) is 0 Å². The van der Waals surface area contributed by atoms with E-state index in [0.717, 1.165) is 0 Å². The molecule has 0 aliphatic heterocycles. The molecule has 0 aliphatic rings. The van der Waals surface area contributed by atoms with Gasteiger partial charge >= 0.3 is 6.09 Å². The first-order chi connectivity index (χ1) is 16.7. The zero-order valence-corrected chi connectivity index (χ0v) is 19.6. The highest BCUT2D eigenvalue weighted by atomic mass is 16.6. The molecule has 0 saturated carbocycles. The van der Waals surface area contributed by atoms with E-state index in [9.17, 15) is 4.79 Å². The van der Waals surface area contributed by atoms with Crippen LogP contribution < -0.4 is 0 Å². The second-order valence-electron chi connectivity index (χ2n) is 5.82. The van der Waals surface area contributed by atoms with Gasteiger partial charge in [0.15, 0.2) is 0 Å². The van der Waals surface area contributed by atoms with Crippen LogP contribution in [-0.2, 0) is 37.9 Å². The molecule has 15 nitrogen and oxygen atoms in total. The van der Waals surface area contributed by atoms with E-state index in [4.69, 9.17) is 58.7 Å². The van der Waals surface area contributed by atoms with Crippen molar-refractivity contribution in [2.45, 2.75) is 0 Å². The number of carboxylic acid groups (broad SMARTS) is 1. The summed E-state index contributed by atoms with van der Waals surface area (Å²) in [7, 11) is 0. The monoisotopic (exact) mass is 501 g/mol. The Labute approximate surface area is 199 Å². The van der Waals surface area contributed by atoms with Crippen LogP contribution in [-0.4, -0.2) is 140 Å². The maximum Gasteiger partial charge on any atom is 0.394 e. The molecule has 0 fully saturated rings. The number of azide groups is 1. The molecular weight excluding hydrogens is 462 g/mol. The van der Waals surface area contributed by atoms with Crippen LogP contribution >= 0.6 is 0 Å². The highest BCUT2D eigenvalue weighted by molar-refractivity contribution is 5.65. The van der Waals surface area contributed by atoms with Crippen molar-refractivity contribution in [3.8, 4) is 0 Å². The summed E-state index contributed by atoms with van der Waals surface area (Å²) >= 11 is 0. The summed E-state index contributed by atoms with van der Waals surface area (Å²) in [6.07, 6.45) is -1.50. The number of nitrogens with zero attached hydrogens (tertiary/aromatic N) is 3. The van der Waals surface area contributed by atoms with Crippen LogP contribution in [0.25, 0.3) is 10.4 Å². The first-order valence-corrected chi connectivity index (χ1v) is 10.8. The molecule has 1 amide bonds. The lowest BCUT2D eigenvalue weighted by Gasteiger charge is -2.08. The minimum atomic E-state index is -1.50. The predicted molar refractivity (Wildman–Crippen MR) is 118 cm³/mol. The molecule has 0 rings (SSSR count). The fraction of sp³-hybridized carbons (Fsp3) is 0.947. The summed E-state index contributed by atoms with van der Waals surface area (Å²) in [5.41, 5.74) is 7.31. The van der Waals surface area contributed by atoms with E-state index < -0.39 is 6.09 Å². The molecule has 0 unspecified atom stereocenters. The number of hydrogen-bond donors (Lipinski definition) is 3. The Morgan fingerprint density at radius 1 is 0.529 bits per heavy atom. The van der Waals surface area contributed by atoms with Gasteiger partial charge in [-0.1, -0.05) is 0 Å². The fourth-order valence-electron chi connectivity index (χ4n) is 1.81. The van der Waals surface area contributed by atoms with Crippen LogP contribution in [0.3, 0.4) is 0 Å². The average molecular weight is 502 g/mol. The quantitative estimate of drug-likeness (QED) is 0.0659. The molecule has 202 valence electrons. The van der Waals surface area contributed by atoms with E-state index in [1.54, 1.807) is 0 Å². The summed E-state index contributed by atoms with van der Waals surface area (Å²) in [4.78, 5) is 11.1. The summed E-state index contributed by atoms with van der Waals surface area (Å²) in [5, 5.41) is 26.8. The molecule has 0 aliphatic carbocycles. The molecule has 0 atom stereocenters. The second kappa shape index (κ2) is 33.6. The molecule has 0 bridgehead atoms. The fourth-order valence-corrected chi connectivity index (χ4v) is 1.81. The van der Waals surface area contributed by atoms with Crippen LogP contribution in [0.15, 0.2) is 5.11 Å². The van der Waals surface area contributed by atoms with Crippen molar-refractivity contribution in [2.75, 3.05) is 119 Å². The molecule has 0 aromatic rings. The number of aliphatic hydroxyl groups is 2. The third kappa shape index (κ3) is 37.7. The Balaban J connectivity index is 0. The van der Waals surface area contributed by atoms with Crippen LogP contribution in [0.1, 0.15) is 0 Å². The van der Waals surface area contributed by atoms with Gasteiger partial charge in [-0.25, -0.2) is 4.79 Å². The number of rotatable bonds is 25. The van der Waals surface area contributed by atoms with Gasteiger partial charge in [-0.3, -0.25) is 0 Å². The molecule has 0 heterocycles. The van der Waals surface area contributed by atoms with E-state index in [1.165, 1.54) is 0 Å². The lowest BCUT2D eigenvalue weighted by atomic mass is 10.6. The molecular formula is C19H39N3O12. The van der Waals surface area contributed by atoms with Crippen LogP contribution in [0.5, 0.6) is 0 Å². The molecule has 3 N–H and O–H groups in total. The second-order valence-corrected chi connectivity index (χ2v) is 5.82. The number of carbonyl (C=O) groups is 1. The van der Waals surface area contributed by atoms with Crippen LogP contribution in [0, 0.1) is 0 Å². The van der Waals surface area contributed by atoms with Gasteiger partial charge in [0.25, 0.3) is 0 Å². The number of amides is 1. The maximum absolute atomic E-state index is 9.18. The first-order valence-electron chi connectivity index (χ1n) is 10.8. The van der Waals surface area contributed by atoms with E-state index in [0.29, 0.717) is 106 Å². The minimum absolute atomic E-state index is 0.0294. The van der Waals surface area contributed by atoms with Crippen LogP contribution in [0.2, 0.25) is 0 Å². The van der Waals surface area contributed by atoms with Gasteiger partial charge in [-0.05, 0) is 5.53 Å². The van der Waals surface area contributed by atoms with E-state index in [2.05, 4.69) is 5.11 Å². The standard InChI is InChI=1S/C18H38O10.CHN3O2/c19-1-3-21-5-7-23-9-11-25-13-15-27-17-18-28-16-14-26-12-10-24-8-6-22-4-2-20;2-4-3-1(5)6/h19-20H,1-18H2;(H,5,6). The normalized spacial score (nSPS) is 10.4. The zero-order valence-electron chi connectivity index (χ0n) is 19.6. The Morgan fingerprint density at radius 2 is 0.735 bits per heavy atom. The van der Waals surface area contributed by atoms with Crippen molar-refractivity contribution in [3.05, 3.63) is 10.4 Å². The largest absolute Gasteiger partial charge is 0.476 e. The SMILES string of the molecule is OCCOCCOCCOCCOCCOCCOCCOCCOCCO.[N-]=[N+]=NC(=O)O. The highest BCUT2D eigenvalue weighted by Gasteiger charge is 1.95. The third-order valence-electron chi connectivity index (χ3n) is 3.21. The van der Waals surface area contributed by atoms with Gasteiger partial charge in [0.1, 0.15) is 0 Å². The average Bonchev–Trinajstić information content (AvgIpc) is 2.82. The molecule has 15 heteroatoms. The van der Waals surface area contributed by atoms with Crippen molar-refractivity contribution < 1.29 is 58.0 Å². The van der Waals surface area contributed by atoms with Crippen LogP contribution in [0.4, 0.5) is 4.79 Å². The topological polar surface area (TPSA) is 200 Å². The van der Waals surface area contributed by atoms with Crippen molar-refractivity contribution in [2.24, 2.45) is 5.11 Å². The van der Waals surface area contributed by atoms with E-state index in [1.807, 2.05) is 4.91 Å². The summed E-state index contributed by atoms with van der Waals surface area (Å²) in [6, 6.07) is 0. The van der Waals surface area contributed by atoms with Crippen molar-refractivity contribution in [1.29, 1.82) is 0 Å². The number of aliphatic hydroxyl groups excluding tert-OH is 2. The Kier molecular flexibility index (Phi) is 34.1. The van der Waals surface area contributed by atoms with E-state index >= 15 is 0 Å². The molecule has 0 radical (unpaired) electrons. The van der Waals surface area contributed by atoms with Gasteiger partial charge in [0.05, 0.1) is 119 Å². The lowest BCUT2D eigenvalue weighted by Crippen LogP contribution is -2.15. The number of hydrogen-bond acceptors (Lipinski definition) is 11. The lowest BCUT2D eigenvalue weighted by molar-refractivity contribution is -0.0244. The molecule has 0 aromatic heterocycles. The third-order valence-corrected chi connectivity index (χ3v) is 3.21. The Hall–Kier alpha value is -1.62. The maximum atomic E-state index is 9.18. The number of ether oxygens (including phenoxy) is 8. The molecule has 0 aromatic carbocycles. The van der Waals surface area contributed by atoms with E-state index in [-0.39, 0.29) is 13.2 Å². The Bertz CT molecular complexity index is 430. The summed E-state index contributed by atoms with van der Waals surface area (Å²) < 4.78 is 42.2. The molecule has 0 spiro atoms. The minimum Gasteiger partial charge on any atom is -0.476 e. The van der Waals surface area contributed by atoms with Crippen molar-refractivity contribution >= 4 is 6.09 Å². The smallest absolute Gasteiger partial charge is 0.394 e.